The SMILES string of the molecule is Cc1ccc(NC(=O)N(C)CC(C)C(=O)O)c(OCC2CCCO2)c1. The van der Waals surface area contributed by atoms with Crippen molar-refractivity contribution >= 4 is 17.7 Å². The minimum atomic E-state index is -0.935. The van der Waals surface area contributed by atoms with E-state index in [0.29, 0.717) is 18.0 Å². The number of amides is 2. The number of carboxylic acids is 1. The number of aryl methyl sites for hydroxylation is 1. The van der Waals surface area contributed by atoms with Crippen LogP contribution in [-0.4, -0.2) is 54.9 Å². The third-order valence-corrected chi connectivity index (χ3v) is 4.14. The Morgan fingerprint density at radius 2 is 2.24 bits per heavy atom. The zero-order valence-electron chi connectivity index (χ0n) is 14.9. The van der Waals surface area contributed by atoms with Crippen LogP contribution < -0.4 is 10.1 Å². The Labute approximate surface area is 147 Å². The molecule has 0 bridgehead atoms. The second-order valence-electron chi connectivity index (χ2n) is 6.50. The Bertz CT molecular complexity index is 613. The third kappa shape index (κ3) is 5.63. The molecule has 1 saturated heterocycles. The van der Waals surface area contributed by atoms with Crippen molar-refractivity contribution in [3.63, 3.8) is 0 Å². The van der Waals surface area contributed by atoms with E-state index in [-0.39, 0.29) is 18.7 Å². The van der Waals surface area contributed by atoms with Crippen LogP contribution in [0.25, 0.3) is 0 Å². The lowest BCUT2D eigenvalue weighted by Crippen LogP contribution is -2.36. The number of nitrogens with zero attached hydrogens (tertiary/aromatic N) is 1. The lowest BCUT2D eigenvalue weighted by Gasteiger charge is -2.21. The van der Waals surface area contributed by atoms with Gasteiger partial charge in [0.2, 0.25) is 0 Å². The van der Waals surface area contributed by atoms with Gasteiger partial charge in [0.15, 0.2) is 0 Å². The normalized spacial score (nSPS) is 17.8. The molecule has 1 aliphatic rings. The van der Waals surface area contributed by atoms with Gasteiger partial charge < -0.3 is 24.8 Å². The number of carbonyl (C=O) groups is 2. The fraction of sp³-hybridized carbons (Fsp3) is 0.556. The molecule has 0 spiro atoms. The van der Waals surface area contributed by atoms with E-state index >= 15 is 0 Å². The fourth-order valence-electron chi connectivity index (χ4n) is 2.59. The first-order valence-electron chi connectivity index (χ1n) is 8.46. The van der Waals surface area contributed by atoms with Crippen LogP contribution in [0, 0.1) is 12.8 Å². The van der Waals surface area contributed by atoms with E-state index in [1.807, 2.05) is 19.1 Å². The highest BCUT2D eigenvalue weighted by Gasteiger charge is 2.20. The fourth-order valence-corrected chi connectivity index (χ4v) is 2.59. The van der Waals surface area contributed by atoms with Gasteiger partial charge in [0.25, 0.3) is 0 Å². The van der Waals surface area contributed by atoms with E-state index in [9.17, 15) is 9.59 Å². The molecule has 138 valence electrons. The topological polar surface area (TPSA) is 88.1 Å². The van der Waals surface area contributed by atoms with Crippen LogP contribution in [-0.2, 0) is 9.53 Å². The number of urea groups is 1. The van der Waals surface area contributed by atoms with Gasteiger partial charge in [-0.2, -0.15) is 0 Å². The number of rotatable bonds is 7. The van der Waals surface area contributed by atoms with Gasteiger partial charge in [-0.15, -0.1) is 0 Å². The van der Waals surface area contributed by atoms with Gasteiger partial charge in [-0.05, 0) is 37.5 Å². The number of benzene rings is 1. The predicted octanol–water partition coefficient (Wildman–Crippen LogP) is 2.74. The molecular weight excluding hydrogens is 324 g/mol. The molecule has 25 heavy (non-hydrogen) atoms. The monoisotopic (exact) mass is 350 g/mol. The van der Waals surface area contributed by atoms with E-state index in [1.54, 1.807) is 20.0 Å². The van der Waals surface area contributed by atoms with Crippen molar-refractivity contribution in [2.75, 3.05) is 32.1 Å². The average molecular weight is 350 g/mol. The number of nitrogens with one attached hydrogen (secondary N) is 1. The quantitative estimate of drug-likeness (QED) is 0.789. The Balaban J connectivity index is 1.99. The molecular formula is C18H26N2O5. The average Bonchev–Trinajstić information content (AvgIpc) is 3.08. The summed E-state index contributed by atoms with van der Waals surface area (Å²) in [7, 11) is 1.57. The highest BCUT2D eigenvalue weighted by Crippen LogP contribution is 2.27. The molecule has 2 unspecified atom stereocenters. The van der Waals surface area contributed by atoms with Crippen molar-refractivity contribution in [1.29, 1.82) is 0 Å². The Hall–Kier alpha value is -2.28. The van der Waals surface area contributed by atoms with Gasteiger partial charge in [0.1, 0.15) is 12.4 Å². The lowest BCUT2D eigenvalue weighted by atomic mass is 10.2. The summed E-state index contributed by atoms with van der Waals surface area (Å²) >= 11 is 0. The second-order valence-corrected chi connectivity index (χ2v) is 6.50. The van der Waals surface area contributed by atoms with Crippen LogP contribution in [0.15, 0.2) is 18.2 Å². The van der Waals surface area contributed by atoms with E-state index in [2.05, 4.69) is 5.32 Å². The molecule has 2 N–H and O–H groups in total. The summed E-state index contributed by atoms with van der Waals surface area (Å²) in [5.74, 6) is -0.983. The zero-order valence-corrected chi connectivity index (χ0v) is 14.9. The minimum Gasteiger partial charge on any atom is -0.489 e. The van der Waals surface area contributed by atoms with E-state index in [4.69, 9.17) is 14.6 Å². The van der Waals surface area contributed by atoms with Crippen LogP contribution >= 0.6 is 0 Å². The number of anilines is 1. The van der Waals surface area contributed by atoms with Gasteiger partial charge in [-0.25, -0.2) is 4.79 Å². The molecule has 2 amide bonds. The van der Waals surface area contributed by atoms with Crippen LogP contribution in [0.1, 0.15) is 25.3 Å². The van der Waals surface area contributed by atoms with Crippen molar-refractivity contribution in [3.8, 4) is 5.75 Å². The van der Waals surface area contributed by atoms with Gasteiger partial charge in [0, 0.05) is 20.2 Å². The van der Waals surface area contributed by atoms with Crippen LogP contribution in [0.5, 0.6) is 5.75 Å². The molecule has 1 aromatic carbocycles. The maximum Gasteiger partial charge on any atom is 0.321 e. The molecule has 2 rings (SSSR count). The molecule has 1 heterocycles. The standard InChI is InChI=1S/C18H26N2O5/c1-12-6-7-15(16(9-12)25-11-14-5-4-8-24-14)19-18(23)20(3)10-13(2)17(21)22/h6-7,9,13-14H,4-5,8,10-11H2,1-3H3,(H,19,23)(H,21,22). The number of aliphatic carboxylic acids is 1. The summed E-state index contributed by atoms with van der Waals surface area (Å²) in [6.07, 6.45) is 2.10. The summed E-state index contributed by atoms with van der Waals surface area (Å²) in [6, 6.07) is 5.16. The number of ether oxygens (including phenoxy) is 2. The number of hydrogen-bond acceptors (Lipinski definition) is 4. The molecule has 7 heteroatoms. The Morgan fingerprint density at radius 1 is 1.48 bits per heavy atom. The third-order valence-electron chi connectivity index (χ3n) is 4.14. The summed E-state index contributed by atoms with van der Waals surface area (Å²) < 4.78 is 11.4. The lowest BCUT2D eigenvalue weighted by molar-refractivity contribution is -0.141. The van der Waals surface area contributed by atoms with Crippen molar-refractivity contribution in [1.82, 2.24) is 4.90 Å². The maximum atomic E-state index is 12.3. The molecule has 0 aromatic heterocycles. The molecule has 2 atom stereocenters. The summed E-state index contributed by atoms with van der Waals surface area (Å²) in [4.78, 5) is 24.6. The number of hydrogen-bond donors (Lipinski definition) is 2. The van der Waals surface area contributed by atoms with Crippen molar-refractivity contribution in [2.24, 2.45) is 5.92 Å². The first-order chi connectivity index (χ1) is 11.9. The highest BCUT2D eigenvalue weighted by atomic mass is 16.5. The van der Waals surface area contributed by atoms with Crippen LogP contribution in [0.2, 0.25) is 0 Å². The Morgan fingerprint density at radius 3 is 2.88 bits per heavy atom. The molecule has 0 aliphatic carbocycles. The van der Waals surface area contributed by atoms with Gasteiger partial charge >= 0.3 is 12.0 Å². The van der Waals surface area contributed by atoms with E-state index in [0.717, 1.165) is 25.0 Å². The number of carbonyl (C=O) groups excluding carboxylic acids is 1. The van der Waals surface area contributed by atoms with Crippen LogP contribution in [0.4, 0.5) is 10.5 Å². The summed E-state index contributed by atoms with van der Waals surface area (Å²) in [5.41, 5.74) is 1.58. The summed E-state index contributed by atoms with van der Waals surface area (Å²) in [5, 5.41) is 11.7. The largest absolute Gasteiger partial charge is 0.489 e. The van der Waals surface area contributed by atoms with E-state index in [1.165, 1.54) is 4.90 Å². The minimum absolute atomic E-state index is 0.0863. The van der Waals surface area contributed by atoms with Crippen LogP contribution in [0.3, 0.4) is 0 Å². The molecule has 7 nitrogen and oxygen atoms in total. The Kier molecular flexibility index (Phi) is 6.64. The summed E-state index contributed by atoms with van der Waals surface area (Å²) in [6.45, 7) is 4.84. The van der Waals surface area contributed by atoms with Crippen molar-refractivity contribution in [2.45, 2.75) is 32.8 Å². The molecule has 0 radical (unpaired) electrons. The smallest absolute Gasteiger partial charge is 0.321 e. The van der Waals surface area contributed by atoms with Gasteiger partial charge in [-0.1, -0.05) is 13.0 Å². The van der Waals surface area contributed by atoms with Gasteiger partial charge in [0.05, 0.1) is 17.7 Å². The second kappa shape index (κ2) is 8.71. The first kappa shape index (κ1) is 19.1. The van der Waals surface area contributed by atoms with Gasteiger partial charge in [-0.3, -0.25) is 4.79 Å². The molecule has 1 aliphatic heterocycles. The molecule has 1 fully saturated rings. The molecule has 1 aromatic rings. The first-order valence-corrected chi connectivity index (χ1v) is 8.46. The molecule has 0 saturated carbocycles. The van der Waals surface area contributed by atoms with E-state index < -0.39 is 11.9 Å². The van der Waals surface area contributed by atoms with Crippen molar-refractivity contribution < 1.29 is 24.2 Å². The van der Waals surface area contributed by atoms with Crippen molar-refractivity contribution in [3.05, 3.63) is 23.8 Å². The predicted molar refractivity (Wildman–Crippen MR) is 94.1 cm³/mol. The maximum absolute atomic E-state index is 12.3. The number of carboxylic acid groups (broad SMARTS) is 1. The zero-order chi connectivity index (χ0) is 18.4. The highest BCUT2D eigenvalue weighted by molar-refractivity contribution is 5.91.